The van der Waals surface area contributed by atoms with E-state index < -0.39 is 0 Å². The quantitative estimate of drug-likeness (QED) is 0.140. The maximum atomic E-state index is 6.50. The molecule has 0 spiro atoms. The van der Waals surface area contributed by atoms with Crippen LogP contribution in [0.3, 0.4) is 0 Å². The van der Waals surface area contributed by atoms with Gasteiger partial charge in [-0.2, -0.15) is 0 Å². The van der Waals surface area contributed by atoms with Crippen LogP contribution in [-0.2, 0) is 6.42 Å². The highest BCUT2D eigenvalue weighted by Crippen LogP contribution is 2.45. The molecule has 9 rings (SSSR count). The van der Waals surface area contributed by atoms with E-state index in [0.29, 0.717) is 12.4 Å². The highest BCUT2D eigenvalue weighted by atomic mass is 16.3. The molecule has 0 saturated carbocycles. The van der Waals surface area contributed by atoms with Crippen LogP contribution in [-0.4, -0.2) is 25.3 Å². The predicted molar refractivity (Wildman–Crippen MR) is 223 cm³/mol. The summed E-state index contributed by atoms with van der Waals surface area (Å²) in [5.41, 5.74) is 10.1. The van der Waals surface area contributed by atoms with Crippen molar-refractivity contribution in [2.24, 2.45) is 15.9 Å². The Morgan fingerprint density at radius 2 is 1.25 bits per heavy atom. The molecule has 7 aromatic carbocycles. The highest BCUT2D eigenvalue weighted by Gasteiger charge is 2.30. The lowest BCUT2D eigenvalue weighted by Gasteiger charge is -2.26. The molecule has 1 atom stereocenters. The van der Waals surface area contributed by atoms with E-state index >= 15 is 0 Å². The van der Waals surface area contributed by atoms with E-state index in [1.54, 1.807) is 0 Å². The van der Waals surface area contributed by atoms with Gasteiger partial charge in [0.05, 0.1) is 6.54 Å². The van der Waals surface area contributed by atoms with Crippen molar-refractivity contribution in [2.45, 2.75) is 13.3 Å². The molecule has 53 heavy (non-hydrogen) atoms. The number of allylic oxidation sites excluding steroid dienone is 1. The molecule has 1 aliphatic carbocycles. The molecule has 1 heterocycles. The molecule has 0 fully saturated rings. The van der Waals surface area contributed by atoms with Crippen molar-refractivity contribution in [3.63, 3.8) is 0 Å². The van der Waals surface area contributed by atoms with Crippen molar-refractivity contribution in [3.8, 4) is 11.1 Å². The summed E-state index contributed by atoms with van der Waals surface area (Å²) < 4.78 is 6.50. The van der Waals surface area contributed by atoms with Crippen LogP contribution >= 0.6 is 0 Å². The molecule has 256 valence electrons. The summed E-state index contributed by atoms with van der Waals surface area (Å²) in [6.45, 7) is 2.75. The van der Waals surface area contributed by atoms with Gasteiger partial charge < -0.3 is 9.73 Å². The first-order chi connectivity index (χ1) is 26.1. The second kappa shape index (κ2) is 13.9. The van der Waals surface area contributed by atoms with Gasteiger partial charge >= 0.3 is 0 Å². The van der Waals surface area contributed by atoms with Gasteiger partial charge in [-0.05, 0) is 73.5 Å². The van der Waals surface area contributed by atoms with Crippen molar-refractivity contribution >= 4 is 55.3 Å². The van der Waals surface area contributed by atoms with Gasteiger partial charge in [0.25, 0.3) is 0 Å². The standard InChI is InChI=1S/C49H39N3O/c1-32-28-45-47(42-18-10-11-19-44(42)53-45)43(46(32)36-14-4-3-5-15-36)31-51-49(52-48(50-2)41-27-23-34-13-7-9-17-39(34)30-41)37-24-20-35(21-25-37)40-26-22-33-12-6-8-16-38(33)29-40/h3-27,29-30,32H,28,31H2,1-2H3,(H,50,51,52). The Kier molecular flexibility index (Phi) is 8.49. The lowest BCUT2D eigenvalue weighted by Crippen LogP contribution is -2.22. The topological polar surface area (TPSA) is 49.9 Å². The number of hydrogen-bond acceptors (Lipinski definition) is 2. The Balaban J connectivity index is 1.19. The third-order valence-electron chi connectivity index (χ3n) is 10.5. The van der Waals surface area contributed by atoms with Gasteiger partial charge in [0.2, 0.25) is 0 Å². The molecule has 0 amide bonds. The number of aliphatic imine (C=N–C) groups is 2. The molecule has 0 bridgehead atoms. The fraction of sp³-hybridized carbons (Fsp3) is 0.102. The van der Waals surface area contributed by atoms with Crippen LogP contribution in [0.15, 0.2) is 178 Å². The summed E-state index contributed by atoms with van der Waals surface area (Å²) in [4.78, 5) is 10.7. The first kappa shape index (κ1) is 32.4. The number of hydrogen-bond donors (Lipinski definition) is 1. The van der Waals surface area contributed by atoms with Gasteiger partial charge in [-0.3, -0.25) is 4.99 Å². The van der Waals surface area contributed by atoms with Crippen LogP contribution in [0, 0.1) is 5.92 Å². The van der Waals surface area contributed by atoms with Crippen molar-refractivity contribution in [1.29, 1.82) is 0 Å². The van der Waals surface area contributed by atoms with E-state index in [9.17, 15) is 0 Å². The lowest BCUT2D eigenvalue weighted by atomic mass is 9.78. The second-order valence-electron chi connectivity index (χ2n) is 13.8. The molecular formula is C49H39N3O. The van der Waals surface area contributed by atoms with Crippen LogP contribution in [0.5, 0.6) is 0 Å². The highest BCUT2D eigenvalue weighted by molar-refractivity contribution is 6.13. The summed E-state index contributed by atoms with van der Waals surface area (Å²) in [5, 5.41) is 9.35. The van der Waals surface area contributed by atoms with Crippen LogP contribution in [0.1, 0.15) is 34.9 Å². The minimum absolute atomic E-state index is 0.259. The first-order valence-corrected chi connectivity index (χ1v) is 18.3. The predicted octanol–water partition coefficient (Wildman–Crippen LogP) is 11.6. The van der Waals surface area contributed by atoms with Crippen molar-refractivity contribution in [2.75, 3.05) is 13.6 Å². The summed E-state index contributed by atoms with van der Waals surface area (Å²) in [5.74, 6) is 2.71. The van der Waals surface area contributed by atoms with Gasteiger partial charge in [0.15, 0.2) is 5.84 Å². The fourth-order valence-corrected chi connectivity index (χ4v) is 7.86. The summed E-state index contributed by atoms with van der Waals surface area (Å²) in [6, 6.07) is 57.8. The molecule has 4 heteroatoms. The zero-order valence-corrected chi connectivity index (χ0v) is 29.9. The Morgan fingerprint density at radius 3 is 2.00 bits per heavy atom. The van der Waals surface area contributed by atoms with Gasteiger partial charge in [-0.15, -0.1) is 0 Å². The third-order valence-corrected chi connectivity index (χ3v) is 10.5. The average Bonchev–Trinajstić information content (AvgIpc) is 3.59. The Hall–Kier alpha value is -6.52. The van der Waals surface area contributed by atoms with Gasteiger partial charge in [0, 0.05) is 35.5 Å². The van der Waals surface area contributed by atoms with Crippen LogP contribution < -0.4 is 5.32 Å². The maximum absolute atomic E-state index is 6.50. The molecule has 0 radical (unpaired) electrons. The molecule has 1 unspecified atom stereocenters. The average molecular weight is 686 g/mol. The Bertz CT molecular complexity index is 2720. The van der Waals surface area contributed by atoms with E-state index in [-0.39, 0.29) is 5.92 Å². The van der Waals surface area contributed by atoms with Crippen molar-refractivity contribution in [3.05, 3.63) is 192 Å². The third kappa shape index (κ3) is 6.23. The number of furan rings is 1. The summed E-state index contributed by atoms with van der Waals surface area (Å²) >= 11 is 0. The SMILES string of the molecule is CN/C(=N\C(=N/CC1=C(c2ccccc2)C(C)Cc2oc3ccccc3c21)c1ccc(-c2ccc3ccccc3c2)cc1)c1ccc2ccccc2c1. The molecule has 1 aromatic heterocycles. The van der Waals surface area contributed by atoms with Gasteiger partial charge in [-0.25, -0.2) is 4.99 Å². The van der Waals surface area contributed by atoms with Crippen LogP contribution in [0.2, 0.25) is 0 Å². The van der Waals surface area contributed by atoms with Gasteiger partial charge in [-0.1, -0.05) is 153 Å². The largest absolute Gasteiger partial charge is 0.460 e. The van der Waals surface area contributed by atoms with Crippen molar-refractivity contribution < 1.29 is 4.42 Å². The smallest absolute Gasteiger partial charge is 0.157 e. The fourth-order valence-electron chi connectivity index (χ4n) is 7.86. The lowest BCUT2D eigenvalue weighted by molar-refractivity contribution is 0.516. The van der Waals surface area contributed by atoms with E-state index in [4.69, 9.17) is 14.4 Å². The zero-order valence-electron chi connectivity index (χ0n) is 29.9. The molecular weight excluding hydrogens is 647 g/mol. The van der Waals surface area contributed by atoms with E-state index in [1.165, 1.54) is 49.4 Å². The molecule has 1 N–H and O–H groups in total. The molecule has 1 aliphatic rings. The Labute approximate surface area is 309 Å². The maximum Gasteiger partial charge on any atom is 0.157 e. The molecule has 4 nitrogen and oxygen atoms in total. The van der Waals surface area contributed by atoms with Crippen LogP contribution in [0.4, 0.5) is 0 Å². The molecule has 0 saturated heterocycles. The van der Waals surface area contributed by atoms with Crippen molar-refractivity contribution in [1.82, 2.24) is 5.32 Å². The molecule has 8 aromatic rings. The van der Waals surface area contributed by atoms with Crippen LogP contribution in [0.25, 0.3) is 54.8 Å². The zero-order chi connectivity index (χ0) is 35.7. The van der Waals surface area contributed by atoms with Gasteiger partial charge in [0.1, 0.15) is 17.2 Å². The minimum atomic E-state index is 0.259. The van der Waals surface area contributed by atoms with E-state index in [2.05, 4.69) is 170 Å². The first-order valence-electron chi connectivity index (χ1n) is 18.3. The number of nitrogens with zero attached hydrogens (tertiary/aromatic N) is 2. The number of nitrogens with one attached hydrogen (secondary N) is 1. The van der Waals surface area contributed by atoms with E-state index in [0.717, 1.165) is 45.7 Å². The molecule has 0 aliphatic heterocycles. The number of rotatable bonds is 6. The number of para-hydroxylation sites is 1. The minimum Gasteiger partial charge on any atom is -0.460 e. The van der Waals surface area contributed by atoms with E-state index in [1.807, 2.05) is 13.1 Å². The second-order valence-corrected chi connectivity index (χ2v) is 13.8. The number of fused-ring (bicyclic) bond motifs is 5. The number of amidine groups is 2. The summed E-state index contributed by atoms with van der Waals surface area (Å²) in [7, 11) is 1.93. The summed E-state index contributed by atoms with van der Waals surface area (Å²) in [6.07, 6.45) is 0.842. The normalized spacial score (nSPS) is 14.9. The number of benzene rings is 7. The monoisotopic (exact) mass is 685 g/mol. The Morgan fingerprint density at radius 1 is 0.623 bits per heavy atom.